The topological polar surface area (TPSA) is 81.4 Å². The third-order valence-electron chi connectivity index (χ3n) is 3.20. The van der Waals surface area contributed by atoms with E-state index in [1.807, 2.05) is 13.8 Å². The number of aryl methyl sites for hydroxylation is 1. The van der Waals surface area contributed by atoms with Crippen molar-refractivity contribution in [1.82, 2.24) is 4.72 Å². The van der Waals surface area contributed by atoms with E-state index < -0.39 is 10.0 Å². The lowest BCUT2D eigenvalue weighted by molar-refractivity contribution is -0.00475. The lowest BCUT2D eigenvalue weighted by Crippen LogP contribution is -2.47. The minimum absolute atomic E-state index is 0.0386. The van der Waals surface area contributed by atoms with Crippen molar-refractivity contribution in [2.24, 2.45) is 0 Å². The fraction of sp³-hybridized carbons (Fsp3) is 0.538. The number of nitrogens with two attached hydrogens (primary N) is 1. The Morgan fingerprint density at radius 1 is 1.37 bits per heavy atom. The molecule has 6 heteroatoms. The van der Waals surface area contributed by atoms with Gasteiger partial charge >= 0.3 is 0 Å². The minimum Gasteiger partial charge on any atom is -0.399 e. The predicted octanol–water partition coefficient (Wildman–Crippen LogP) is 1.42. The summed E-state index contributed by atoms with van der Waals surface area (Å²) in [6, 6.07) is 4.81. The monoisotopic (exact) mass is 284 g/mol. The first kappa shape index (κ1) is 14.3. The van der Waals surface area contributed by atoms with E-state index in [1.165, 1.54) is 6.07 Å². The second-order valence-corrected chi connectivity index (χ2v) is 6.66. The third kappa shape index (κ3) is 3.46. The standard InChI is InChI=1S/C13H20N2O3S/c1-3-18-12-7-11(8-12)15-19(16,17)13-5-9(2)4-10(14)6-13/h4-6,11-12,15H,3,7-8,14H2,1-2H3. The average Bonchev–Trinajstić information content (AvgIpc) is 2.25. The van der Waals surface area contributed by atoms with Gasteiger partial charge in [-0.15, -0.1) is 0 Å². The summed E-state index contributed by atoms with van der Waals surface area (Å²) in [5.41, 5.74) is 6.98. The Kier molecular flexibility index (Phi) is 4.13. The van der Waals surface area contributed by atoms with Gasteiger partial charge in [0.25, 0.3) is 0 Å². The molecule has 0 radical (unpaired) electrons. The fourth-order valence-corrected chi connectivity index (χ4v) is 3.65. The molecule has 0 aliphatic heterocycles. The molecule has 1 fully saturated rings. The van der Waals surface area contributed by atoms with Gasteiger partial charge in [0.15, 0.2) is 0 Å². The molecule has 106 valence electrons. The summed E-state index contributed by atoms with van der Waals surface area (Å²) >= 11 is 0. The van der Waals surface area contributed by atoms with Gasteiger partial charge in [-0.3, -0.25) is 0 Å². The van der Waals surface area contributed by atoms with Gasteiger partial charge in [0.2, 0.25) is 10.0 Å². The highest BCUT2D eigenvalue weighted by Crippen LogP contribution is 2.25. The fourth-order valence-electron chi connectivity index (χ4n) is 2.25. The van der Waals surface area contributed by atoms with Gasteiger partial charge in [-0.25, -0.2) is 13.1 Å². The average molecular weight is 284 g/mol. The number of hydrogen-bond donors (Lipinski definition) is 2. The van der Waals surface area contributed by atoms with Crippen LogP contribution in [0.1, 0.15) is 25.3 Å². The summed E-state index contributed by atoms with van der Waals surface area (Å²) in [5, 5.41) is 0. The summed E-state index contributed by atoms with van der Waals surface area (Å²) in [6.07, 6.45) is 1.64. The zero-order valence-corrected chi connectivity index (χ0v) is 12.0. The zero-order chi connectivity index (χ0) is 14.0. The molecule has 1 aliphatic carbocycles. The van der Waals surface area contributed by atoms with Crippen LogP contribution in [0.3, 0.4) is 0 Å². The molecule has 1 aromatic rings. The van der Waals surface area contributed by atoms with Crippen LogP contribution in [0.25, 0.3) is 0 Å². The van der Waals surface area contributed by atoms with E-state index >= 15 is 0 Å². The van der Waals surface area contributed by atoms with Crippen molar-refractivity contribution in [2.75, 3.05) is 12.3 Å². The van der Waals surface area contributed by atoms with Crippen LogP contribution in [0.2, 0.25) is 0 Å². The van der Waals surface area contributed by atoms with Crippen molar-refractivity contribution < 1.29 is 13.2 Å². The molecule has 0 spiro atoms. The third-order valence-corrected chi connectivity index (χ3v) is 4.70. The maximum absolute atomic E-state index is 12.2. The summed E-state index contributed by atoms with van der Waals surface area (Å²) in [4.78, 5) is 0.227. The Morgan fingerprint density at radius 3 is 2.63 bits per heavy atom. The Labute approximate surface area is 114 Å². The Balaban J connectivity index is 2.03. The summed E-state index contributed by atoms with van der Waals surface area (Å²) < 4.78 is 32.5. The molecule has 0 atom stereocenters. The van der Waals surface area contributed by atoms with E-state index in [1.54, 1.807) is 12.1 Å². The number of ether oxygens (including phenoxy) is 1. The lowest BCUT2D eigenvalue weighted by Gasteiger charge is -2.35. The molecule has 0 aromatic heterocycles. The van der Waals surface area contributed by atoms with E-state index in [0.29, 0.717) is 12.3 Å². The van der Waals surface area contributed by atoms with E-state index in [9.17, 15) is 8.42 Å². The van der Waals surface area contributed by atoms with Crippen molar-refractivity contribution in [1.29, 1.82) is 0 Å². The number of benzene rings is 1. The SMILES string of the molecule is CCOC1CC(NS(=O)(=O)c2cc(C)cc(N)c2)C1. The van der Waals surface area contributed by atoms with Crippen LogP contribution < -0.4 is 10.5 Å². The molecule has 5 nitrogen and oxygen atoms in total. The quantitative estimate of drug-likeness (QED) is 0.801. The van der Waals surface area contributed by atoms with Crippen LogP contribution in [-0.2, 0) is 14.8 Å². The summed E-state index contributed by atoms with van der Waals surface area (Å²) in [5.74, 6) is 0. The van der Waals surface area contributed by atoms with Crippen molar-refractivity contribution >= 4 is 15.7 Å². The van der Waals surface area contributed by atoms with Crippen molar-refractivity contribution in [3.8, 4) is 0 Å². The van der Waals surface area contributed by atoms with Crippen LogP contribution in [-0.4, -0.2) is 27.2 Å². The van der Waals surface area contributed by atoms with Crippen LogP contribution in [0.4, 0.5) is 5.69 Å². The molecule has 0 bridgehead atoms. The second kappa shape index (κ2) is 5.48. The highest BCUT2D eigenvalue weighted by atomic mass is 32.2. The molecule has 0 amide bonds. The molecule has 0 heterocycles. The molecular weight excluding hydrogens is 264 g/mol. The van der Waals surface area contributed by atoms with Gasteiger partial charge in [0, 0.05) is 18.3 Å². The van der Waals surface area contributed by atoms with Crippen LogP contribution in [0, 0.1) is 6.92 Å². The Morgan fingerprint density at radius 2 is 2.05 bits per heavy atom. The molecular formula is C13H20N2O3S. The predicted molar refractivity (Wildman–Crippen MR) is 74.3 cm³/mol. The number of sulfonamides is 1. The maximum Gasteiger partial charge on any atom is 0.240 e. The molecule has 0 saturated heterocycles. The van der Waals surface area contributed by atoms with Crippen LogP contribution in [0.5, 0.6) is 0 Å². The first-order chi connectivity index (χ1) is 8.90. The largest absolute Gasteiger partial charge is 0.399 e. The number of rotatable bonds is 5. The molecule has 1 saturated carbocycles. The number of anilines is 1. The lowest BCUT2D eigenvalue weighted by atomic mass is 9.90. The van der Waals surface area contributed by atoms with Crippen molar-refractivity contribution in [2.45, 2.75) is 43.7 Å². The van der Waals surface area contributed by atoms with Crippen LogP contribution in [0.15, 0.2) is 23.1 Å². The Hall–Kier alpha value is -1.11. The second-order valence-electron chi connectivity index (χ2n) is 4.95. The van der Waals surface area contributed by atoms with E-state index in [-0.39, 0.29) is 17.0 Å². The molecule has 3 N–H and O–H groups in total. The Bertz CT molecular complexity index is 531. The van der Waals surface area contributed by atoms with Crippen molar-refractivity contribution in [3.63, 3.8) is 0 Å². The van der Waals surface area contributed by atoms with Gasteiger partial charge in [-0.2, -0.15) is 0 Å². The molecule has 0 unspecified atom stereocenters. The first-order valence-corrected chi connectivity index (χ1v) is 7.90. The minimum atomic E-state index is -3.49. The molecule has 1 aliphatic rings. The zero-order valence-electron chi connectivity index (χ0n) is 11.2. The van der Waals surface area contributed by atoms with E-state index in [2.05, 4.69) is 4.72 Å². The molecule has 2 rings (SSSR count). The number of nitrogens with one attached hydrogen (secondary N) is 1. The van der Waals surface area contributed by atoms with Gasteiger partial charge in [-0.1, -0.05) is 0 Å². The first-order valence-electron chi connectivity index (χ1n) is 6.42. The smallest absolute Gasteiger partial charge is 0.240 e. The normalized spacial score (nSPS) is 23.1. The number of nitrogen functional groups attached to an aromatic ring is 1. The van der Waals surface area contributed by atoms with Crippen molar-refractivity contribution in [3.05, 3.63) is 23.8 Å². The summed E-state index contributed by atoms with van der Waals surface area (Å²) in [7, 11) is -3.49. The molecule has 19 heavy (non-hydrogen) atoms. The van der Waals surface area contributed by atoms with Crippen LogP contribution >= 0.6 is 0 Å². The maximum atomic E-state index is 12.2. The van der Waals surface area contributed by atoms with E-state index in [0.717, 1.165) is 18.4 Å². The highest BCUT2D eigenvalue weighted by molar-refractivity contribution is 7.89. The molecule has 1 aromatic carbocycles. The van der Waals surface area contributed by atoms with Gasteiger partial charge in [0.05, 0.1) is 11.0 Å². The summed E-state index contributed by atoms with van der Waals surface area (Å²) in [6.45, 7) is 4.43. The van der Waals surface area contributed by atoms with Gasteiger partial charge in [0.1, 0.15) is 0 Å². The van der Waals surface area contributed by atoms with E-state index in [4.69, 9.17) is 10.5 Å². The van der Waals surface area contributed by atoms with Gasteiger partial charge in [-0.05, 0) is 50.5 Å². The van der Waals surface area contributed by atoms with Gasteiger partial charge < -0.3 is 10.5 Å². The number of hydrogen-bond acceptors (Lipinski definition) is 4. The highest BCUT2D eigenvalue weighted by Gasteiger charge is 2.33.